The molecule has 0 aromatic heterocycles. The molecule has 0 aliphatic carbocycles. The lowest BCUT2D eigenvalue weighted by atomic mass is 9.96. The summed E-state index contributed by atoms with van der Waals surface area (Å²) < 4.78 is 19.8. The zero-order chi connectivity index (χ0) is 12.8. The second-order valence-corrected chi connectivity index (χ2v) is 5.22. The van der Waals surface area contributed by atoms with E-state index in [1.807, 2.05) is 13.1 Å². The van der Waals surface area contributed by atoms with E-state index < -0.39 is 0 Å². The van der Waals surface area contributed by atoms with E-state index in [9.17, 15) is 4.39 Å². The number of methoxy groups -OCH3 is 1. The van der Waals surface area contributed by atoms with Gasteiger partial charge >= 0.3 is 0 Å². The second-order valence-electron chi connectivity index (χ2n) is 4.30. The van der Waals surface area contributed by atoms with Gasteiger partial charge in [-0.25, -0.2) is 4.39 Å². The molecule has 0 aliphatic rings. The molecule has 0 spiro atoms. The first kappa shape index (κ1) is 14.6. The van der Waals surface area contributed by atoms with Crippen LogP contribution in [0.3, 0.4) is 0 Å². The number of ether oxygens (including phenoxy) is 1. The number of hydrogen-bond acceptors (Lipinski definition) is 2. The summed E-state index contributed by atoms with van der Waals surface area (Å²) >= 11 is 3.37. The van der Waals surface area contributed by atoms with Gasteiger partial charge in [0, 0.05) is 29.8 Å². The van der Waals surface area contributed by atoms with Crippen LogP contribution in [0.15, 0.2) is 22.7 Å². The molecular weight excluding hydrogens is 285 g/mol. The summed E-state index contributed by atoms with van der Waals surface area (Å²) in [6, 6.07) is 5.04. The second kappa shape index (κ2) is 7.09. The molecule has 17 heavy (non-hydrogen) atoms. The van der Waals surface area contributed by atoms with Crippen molar-refractivity contribution < 1.29 is 9.13 Å². The highest BCUT2D eigenvalue weighted by Crippen LogP contribution is 2.26. The van der Waals surface area contributed by atoms with Gasteiger partial charge in [-0.15, -0.1) is 0 Å². The zero-order valence-corrected chi connectivity index (χ0v) is 12.1. The predicted octanol–water partition coefficient (Wildman–Crippen LogP) is 3.52. The lowest BCUT2D eigenvalue weighted by Gasteiger charge is -2.21. The van der Waals surface area contributed by atoms with Gasteiger partial charge in [0.2, 0.25) is 0 Å². The van der Waals surface area contributed by atoms with E-state index in [-0.39, 0.29) is 11.9 Å². The molecule has 1 aromatic carbocycles. The van der Waals surface area contributed by atoms with Crippen molar-refractivity contribution in [1.82, 2.24) is 5.32 Å². The van der Waals surface area contributed by atoms with Gasteiger partial charge in [0.05, 0.1) is 0 Å². The van der Waals surface area contributed by atoms with Crippen molar-refractivity contribution >= 4 is 15.9 Å². The van der Waals surface area contributed by atoms with Gasteiger partial charge in [-0.1, -0.05) is 22.9 Å². The van der Waals surface area contributed by atoms with E-state index >= 15 is 0 Å². The minimum absolute atomic E-state index is 0.0117. The molecule has 0 radical (unpaired) electrons. The molecule has 1 N–H and O–H groups in total. The maximum Gasteiger partial charge on any atom is 0.128 e. The fourth-order valence-corrected chi connectivity index (χ4v) is 2.32. The summed E-state index contributed by atoms with van der Waals surface area (Å²) in [7, 11) is 3.54. The first-order valence-corrected chi connectivity index (χ1v) is 6.49. The highest BCUT2D eigenvalue weighted by atomic mass is 79.9. The van der Waals surface area contributed by atoms with Gasteiger partial charge in [0.25, 0.3) is 0 Å². The third-order valence-corrected chi connectivity index (χ3v) is 3.26. The molecule has 0 bridgehead atoms. The number of benzene rings is 1. The topological polar surface area (TPSA) is 21.3 Å². The van der Waals surface area contributed by atoms with Crippen molar-refractivity contribution in [2.24, 2.45) is 5.92 Å². The van der Waals surface area contributed by atoms with Crippen LogP contribution in [0.2, 0.25) is 0 Å². The lowest BCUT2D eigenvalue weighted by molar-refractivity contribution is 0.149. The molecule has 1 rings (SSSR count). The predicted molar refractivity (Wildman–Crippen MR) is 71.6 cm³/mol. The van der Waals surface area contributed by atoms with Crippen molar-refractivity contribution in [3.63, 3.8) is 0 Å². The third-order valence-electron chi connectivity index (χ3n) is 2.77. The summed E-state index contributed by atoms with van der Waals surface area (Å²) in [6.45, 7) is 2.79. The van der Waals surface area contributed by atoms with E-state index in [2.05, 4.69) is 28.2 Å². The highest BCUT2D eigenvalue weighted by molar-refractivity contribution is 9.10. The molecule has 96 valence electrons. The highest BCUT2D eigenvalue weighted by Gasteiger charge is 2.17. The molecule has 2 atom stereocenters. The Morgan fingerprint density at radius 3 is 2.76 bits per heavy atom. The normalized spacial score (nSPS) is 14.6. The Morgan fingerprint density at radius 2 is 2.18 bits per heavy atom. The van der Waals surface area contributed by atoms with Crippen LogP contribution in [0.25, 0.3) is 0 Å². The fraction of sp³-hybridized carbons (Fsp3) is 0.538. The molecule has 0 saturated carbocycles. The van der Waals surface area contributed by atoms with Crippen LogP contribution in [-0.4, -0.2) is 20.8 Å². The summed E-state index contributed by atoms with van der Waals surface area (Å²) in [5.74, 6) is 0.216. The van der Waals surface area contributed by atoms with Crippen LogP contribution >= 0.6 is 15.9 Å². The van der Waals surface area contributed by atoms with Gasteiger partial charge in [-0.05, 0) is 37.6 Å². The number of halogens is 2. The average Bonchev–Trinajstić information content (AvgIpc) is 2.30. The van der Waals surface area contributed by atoms with Crippen LogP contribution < -0.4 is 5.32 Å². The Balaban J connectivity index is 2.82. The van der Waals surface area contributed by atoms with Crippen LogP contribution in [0, 0.1) is 11.7 Å². The van der Waals surface area contributed by atoms with E-state index in [0.29, 0.717) is 18.1 Å². The average molecular weight is 304 g/mol. The summed E-state index contributed by atoms with van der Waals surface area (Å²) in [4.78, 5) is 0. The molecule has 0 fully saturated rings. The monoisotopic (exact) mass is 303 g/mol. The molecular formula is C13H19BrFNO. The maximum absolute atomic E-state index is 13.8. The van der Waals surface area contributed by atoms with Crippen LogP contribution in [-0.2, 0) is 4.74 Å². The van der Waals surface area contributed by atoms with E-state index in [0.717, 1.165) is 10.9 Å². The molecule has 0 heterocycles. The van der Waals surface area contributed by atoms with Gasteiger partial charge in [0.15, 0.2) is 0 Å². The summed E-state index contributed by atoms with van der Waals surface area (Å²) in [5, 5.41) is 3.16. The van der Waals surface area contributed by atoms with Crippen LogP contribution in [0.5, 0.6) is 0 Å². The Morgan fingerprint density at radius 1 is 1.47 bits per heavy atom. The fourth-order valence-electron chi connectivity index (χ4n) is 1.94. The van der Waals surface area contributed by atoms with Crippen molar-refractivity contribution in [2.45, 2.75) is 19.4 Å². The molecule has 4 heteroatoms. The van der Waals surface area contributed by atoms with Crippen LogP contribution in [0.1, 0.15) is 24.9 Å². The quantitative estimate of drug-likeness (QED) is 0.868. The molecule has 0 amide bonds. The van der Waals surface area contributed by atoms with Gasteiger partial charge in [0.1, 0.15) is 5.82 Å². The smallest absolute Gasteiger partial charge is 0.128 e. The van der Waals surface area contributed by atoms with E-state index in [1.54, 1.807) is 13.2 Å². The van der Waals surface area contributed by atoms with E-state index in [4.69, 9.17) is 4.74 Å². The minimum Gasteiger partial charge on any atom is -0.384 e. The molecule has 2 unspecified atom stereocenters. The SMILES string of the molecule is CNC(CC(C)COC)c1cc(Br)ccc1F. The minimum atomic E-state index is -0.169. The van der Waals surface area contributed by atoms with Crippen molar-refractivity contribution in [3.8, 4) is 0 Å². The Labute approximate surface area is 111 Å². The Bertz CT molecular complexity index is 359. The summed E-state index contributed by atoms with van der Waals surface area (Å²) in [6.07, 6.45) is 0.845. The number of nitrogens with one attached hydrogen (secondary N) is 1. The molecule has 2 nitrogen and oxygen atoms in total. The molecule has 0 aliphatic heterocycles. The maximum atomic E-state index is 13.8. The first-order valence-electron chi connectivity index (χ1n) is 5.69. The van der Waals surface area contributed by atoms with Crippen molar-refractivity contribution in [1.29, 1.82) is 0 Å². The van der Waals surface area contributed by atoms with Crippen molar-refractivity contribution in [2.75, 3.05) is 20.8 Å². The summed E-state index contributed by atoms with van der Waals surface area (Å²) in [5.41, 5.74) is 0.699. The molecule has 0 saturated heterocycles. The van der Waals surface area contributed by atoms with Crippen molar-refractivity contribution in [3.05, 3.63) is 34.1 Å². The largest absolute Gasteiger partial charge is 0.384 e. The van der Waals surface area contributed by atoms with Gasteiger partial charge < -0.3 is 10.1 Å². The number of hydrogen-bond donors (Lipinski definition) is 1. The zero-order valence-electron chi connectivity index (χ0n) is 10.5. The Hall–Kier alpha value is -0.450. The van der Waals surface area contributed by atoms with Crippen LogP contribution in [0.4, 0.5) is 4.39 Å². The number of rotatable bonds is 6. The molecule has 1 aromatic rings. The van der Waals surface area contributed by atoms with Gasteiger partial charge in [-0.2, -0.15) is 0 Å². The first-order chi connectivity index (χ1) is 8.08. The third kappa shape index (κ3) is 4.37. The van der Waals surface area contributed by atoms with E-state index in [1.165, 1.54) is 6.07 Å². The lowest BCUT2D eigenvalue weighted by Crippen LogP contribution is -2.21. The Kier molecular flexibility index (Phi) is 6.09. The standard InChI is InChI=1S/C13H19BrFNO/c1-9(8-17-3)6-13(16-2)11-7-10(14)4-5-12(11)15/h4-5,7,9,13,16H,6,8H2,1-3H3. The van der Waals surface area contributed by atoms with Gasteiger partial charge in [-0.3, -0.25) is 0 Å².